The number of halogens is 1. The summed E-state index contributed by atoms with van der Waals surface area (Å²) in [4.78, 5) is 13.6. The van der Waals surface area contributed by atoms with E-state index in [1.807, 2.05) is 0 Å². The molecule has 0 aliphatic carbocycles. The molecule has 0 unspecified atom stereocenters. The van der Waals surface area contributed by atoms with Gasteiger partial charge in [-0.2, -0.15) is 0 Å². The Morgan fingerprint density at radius 2 is 1.88 bits per heavy atom. The lowest BCUT2D eigenvalue weighted by molar-refractivity contribution is -0.130. The molecule has 0 bridgehead atoms. The monoisotopic (exact) mass is 393 g/mol. The van der Waals surface area contributed by atoms with Crippen LogP contribution in [-0.4, -0.2) is 32.3 Å². The molecule has 3 N–H and O–H groups in total. The Morgan fingerprint density at radius 3 is 2.58 bits per heavy atom. The zero-order chi connectivity index (χ0) is 18.7. The highest BCUT2D eigenvalue weighted by molar-refractivity contribution is 7.89. The Labute approximate surface area is 158 Å². The average Bonchev–Trinajstić information content (AvgIpc) is 2.66. The highest BCUT2D eigenvalue weighted by Gasteiger charge is 2.22. The minimum atomic E-state index is -3.62. The normalized spacial score (nSPS) is 14.2. The Bertz CT molecular complexity index is 914. The van der Waals surface area contributed by atoms with Crippen LogP contribution >= 0.6 is 11.6 Å². The first-order valence-corrected chi connectivity index (χ1v) is 10.1. The van der Waals surface area contributed by atoms with E-state index in [9.17, 15) is 13.2 Å². The van der Waals surface area contributed by atoms with Gasteiger partial charge in [-0.3, -0.25) is 4.79 Å². The zero-order valence-corrected chi connectivity index (χ0v) is 15.7. The molecule has 2 aromatic rings. The molecule has 1 amide bonds. The number of benzene rings is 2. The number of amides is 1. The van der Waals surface area contributed by atoms with Crippen molar-refractivity contribution in [3.63, 3.8) is 0 Å². The van der Waals surface area contributed by atoms with Crippen LogP contribution in [0.4, 0.5) is 0 Å². The summed E-state index contributed by atoms with van der Waals surface area (Å²) in [6.45, 7) is 1.18. The van der Waals surface area contributed by atoms with Crippen molar-refractivity contribution in [2.24, 2.45) is 5.73 Å². The maximum absolute atomic E-state index is 12.6. The van der Waals surface area contributed by atoms with E-state index in [0.717, 1.165) is 16.7 Å². The predicted molar refractivity (Wildman–Crippen MR) is 100 cm³/mol. The molecule has 0 saturated heterocycles. The van der Waals surface area contributed by atoms with Crippen LogP contribution in [0.2, 0.25) is 5.02 Å². The zero-order valence-electron chi connectivity index (χ0n) is 14.1. The van der Waals surface area contributed by atoms with E-state index in [1.165, 1.54) is 0 Å². The van der Waals surface area contributed by atoms with Crippen molar-refractivity contribution in [1.29, 1.82) is 0 Å². The summed E-state index contributed by atoms with van der Waals surface area (Å²) in [6, 6.07) is 12.0. The summed E-state index contributed by atoms with van der Waals surface area (Å²) < 4.78 is 27.7. The maximum atomic E-state index is 12.6. The molecule has 0 radical (unpaired) electrons. The third-order valence-corrected chi connectivity index (χ3v) is 6.06. The van der Waals surface area contributed by atoms with Crippen molar-refractivity contribution in [1.82, 2.24) is 9.62 Å². The van der Waals surface area contributed by atoms with Crippen LogP contribution in [0.25, 0.3) is 0 Å². The predicted octanol–water partition coefficient (Wildman–Crippen LogP) is 1.66. The molecule has 0 fully saturated rings. The van der Waals surface area contributed by atoms with Gasteiger partial charge in [0.05, 0.1) is 11.4 Å². The molecule has 2 aromatic carbocycles. The van der Waals surface area contributed by atoms with Crippen LogP contribution in [-0.2, 0) is 34.3 Å². The van der Waals surface area contributed by atoms with E-state index in [-0.39, 0.29) is 23.9 Å². The van der Waals surface area contributed by atoms with E-state index < -0.39 is 10.0 Å². The molecule has 138 valence electrons. The van der Waals surface area contributed by atoms with Gasteiger partial charge in [-0.05, 0) is 47.4 Å². The summed E-state index contributed by atoms with van der Waals surface area (Å²) in [5.74, 6) is -0.100. The van der Waals surface area contributed by atoms with Crippen LogP contribution in [0.3, 0.4) is 0 Å². The van der Waals surface area contributed by atoms with Crippen LogP contribution < -0.4 is 10.5 Å². The van der Waals surface area contributed by atoms with Gasteiger partial charge in [-0.15, -0.1) is 0 Å². The van der Waals surface area contributed by atoms with Gasteiger partial charge in [0, 0.05) is 24.7 Å². The first-order valence-electron chi connectivity index (χ1n) is 8.23. The summed E-state index contributed by atoms with van der Waals surface area (Å²) in [5, 5.41) is 0.605. The number of hydrogen-bond donors (Lipinski definition) is 2. The molecule has 0 saturated carbocycles. The lowest BCUT2D eigenvalue weighted by atomic mass is 10.00. The van der Waals surface area contributed by atoms with Crippen LogP contribution in [0, 0.1) is 0 Å². The largest absolute Gasteiger partial charge is 0.337 e. The first kappa shape index (κ1) is 18.8. The number of sulfonamides is 1. The summed E-state index contributed by atoms with van der Waals surface area (Å²) in [7, 11) is -3.62. The number of nitrogens with one attached hydrogen (secondary N) is 1. The molecule has 0 aromatic heterocycles. The van der Waals surface area contributed by atoms with Gasteiger partial charge in [0.2, 0.25) is 15.9 Å². The Hall–Kier alpha value is -1.93. The van der Waals surface area contributed by atoms with E-state index in [1.54, 1.807) is 47.4 Å². The Kier molecular flexibility index (Phi) is 5.62. The summed E-state index contributed by atoms with van der Waals surface area (Å²) in [5.41, 5.74) is 8.13. The van der Waals surface area contributed by atoms with Crippen molar-refractivity contribution in [2.45, 2.75) is 24.4 Å². The van der Waals surface area contributed by atoms with Crippen molar-refractivity contribution >= 4 is 27.5 Å². The van der Waals surface area contributed by atoms with Crippen LogP contribution in [0.1, 0.15) is 16.7 Å². The number of fused-ring (bicyclic) bond motifs is 1. The first-order chi connectivity index (χ1) is 12.4. The molecule has 8 heteroatoms. The van der Waals surface area contributed by atoms with E-state index in [0.29, 0.717) is 24.5 Å². The second-order valence-corrected chi connectivity index (χ2v) is 8.35. The Balaban J connectivity index is 1.73. The van der Waals surface area contributed by atoms with Gasteiger partial charge in [0.25, 0.3) is 0 Å². The lowest BCUT2D eigenvalue weighted by Gasteiger charge is -2.28. The van der Waals surface area contributed by atoms with Crippen molar-refractivity contribution in [3.8, 4) is 0 Å². The molecule has 0 spiro atoms. The SMILES string of the molecule is NCC(=O)N1CCc2cc(S(=O)(=O)NCc3ccc(Cl)cc3)ccc2C1. The third kappa shape index (κ3) is 4.24. The highest BCUT2D eigenvalue weighted by Crippen LogP contribution is 2.23. The minimum absolute atomic E-state index is 0.0174. The molecular weight excluding hydrogens is 374 g/mol. The fourth-order valence-corrected chi connectivity index (χ4v) is 4.10. The number of carbonyl (C=O) groups excluding carboxylic acids is 1. The molecule has 0 atom stereocenters. The molecule has 6 nitrogen and oxygen atoms in total. The highest BCUT2D eigenvalue weighted by atomic mass is 35.5. The fraction of sp³-hybridized carbons (Fsp3) is 0.278. The number of nitrogens with two attached hydrogens (primary N) is 1. The van der Waals surface area contributed by atoms with Gasteiger partial charge < -0.3 is 10.6 Å². The summed E-state index contributed by atoms with van der Waals surface area (Å²) >= 11 is 5.83. The van der Waals surface area contributed by atoms with Crippen LogP contribution in [0.5, 0.6) is 0 Å². The third-order valence-electron chi connectivity index (χ3n) is 4.41. The molecule has 1 aliphatic rings. The number of carbonyl (C=O) groups is 1. The van der Waals surface area contributed by atoms with Gasteiger partial charge in [0.15, 0.2) is 0 Å². The van der Waals surface area contributed by atoms with Gasteiger partial charge in [-0.1, -0.05) is 29.8 Å². The van der Waals surface area contributed by atoms with E-state index in [4.69, 9.17) is 17.3 Å². The fourth-order valence-electron chi connectivity index (χ4n) is 2.90. The van der Waals surface area contributed by atoms with E-state index in [2.05, 4.69) is 4.72 Å². The second kappa shape index (κ2) is 7.75. The van der Waals surface area contributed by atoms with Crippen molar-refractivity contribution < 1.29 is 13.2 Å². The number of nitrogens with zero attached hydrogens (tertiary/aromatic N) is 1. The maximum Gasteiger partial charge on any atom is 0.240 e. The van der Waals surface area contributed by atoms with Crippen LogP contribution in [0.15, 0.2) is 47.4 Å². The van der Waals surface area contributed by atoms with Gasteiger partial charge in [0.1, 0.15) is 0 Å². The number of hydrogen-bond acceptors (Lipinski definition) is 4. The molecule has 1 aliphatic heterocycles. The second-order valence-electron chi connectivity index (χ2n) is 6.15. The number of rotatable bonds is 5. The molecule has 3 rings (SSSR count). The van der Waals surface area contributed by atoms with Gasteiger partial charge >= 0.3 is 0 Å². The van der Waals surface area contributed by atoms with E-state index >= 15 is 0 Å². The smallest absolute Gasteiger partial charge is 0.240 e. The van der Waals surface area contributed by atoms with Gasteiger partial charge in [-0.25, -0.2) is 13.1 Å². The van der Waals surface area contributed by atoms with Crippen molar-refractivity contribution in [2.75, 3.05) is 13.1 Å². The average molecular weight is 394 g/mol. The van der Waals surface area contributed by atoms with Crippen molar-refractivity contribution in [3.05, 3.63) is 64.2 Å². The minimum Gasteiger partial charge on any atom is -0.337 e. The lowest BCUT2D eigenvalue weighted by Crippen LogP contribution is -2.39. The molecule has 26 heavy (non-hydrogen) atoms. The standard InChI is InChI=1S/C18H20ClN3O3S/c19-16-4-1-13(2-5-16)11-21-26(24,25)17-6-3-15-12-22(18(23)10-20)8-7-14(15)9-17/h1-6,9,21H,7-8,10-12,20H2. The molecule has 1 heterocycles. The Morgan fingerprint density at radius 1 is 1.15 bits per heavy atom. The summed E-state index contributed by atoms with van der Waals surface area (Å²) in [6.07, 6.45) is 0.613. The topological polar surface area (TPSA) is 92.5 Å². The molecular formula is C18H20ClN3O3S. The quantitative estimate of drug-likeness (QED) is 0.808.